The fraction of sp³-hybridized carbons (Fsp3) is 0.846. The van der Waals surface area contributed by atoms with E-state index in [2.05, 4.69) is 27.3 Å². The number of rotatable bonds is 6. The monoisotopic (exact) mass is 252 g/mol. The largest absolute Gasteiger partial charge is 0.424 e. The second-order valence-electron chi connectivity index (χ2n) is 4.98. The van der Waals surface area contributed by atoms with Crippen LogP contribution in [0.5, 0.6) is 0 Å². The molecule has 1 saturated heterocycles. The van der Waals surface area contributed by atoms with Crippen LogP contribution in [0.15, 0.2) is 4.42 Å². The standard InChI is InChI=1S/C13H24N4O/c1-3-12-15-16-13(18-12)10-17(4-2)9-11-6-5-7-14-8-11/h11,14H,3-10H2,1-2H3. The maximum absolute atomic E-state index is 5.57. The fourth-order valence-electron chi connectivity index (χ4n) is 2.44. The number of hydrogen-bond donors (Lipinski definition) is 1. The van der Waals surface area contributed by atoms with Gasteiger partial charge in [0.2, 0.25) is 11.8 Å². The molecule has 102 valence electrons. The number of aryl methyl sites for hydroxylation is 1. The molecule has 1 aromatic rings. The molecular weight excluding hydrogens is 228 g/mol. The molecule has 0 radical (unpaired) electrons. The molecule has 0 saturated carbocycles. The highest BCUT2D eigenvalue weighted by Crippen LogP contribution is 2.13. The topological polar surface area (TPSA) is 54.2 Å². The fourth-order valence-corrected chi connectivity index (χ4v) is 2.44. The van der Waals surface area contributed by atoms with Crippen LogP contribution in [-0.2, 0) is 13.0 Å². The first kappa shape index (κ1) is 13.5. The highest BCUT2D eigenvalue weighted by molar-refractivity contribution is 4.82. The zero-order chi connectivity index (χ0) is 12.8. The minimum atomic E-state index is 0.736. The van der Waals surface area contributed by atoms with E-state index in [0.29, 0.717) is 0 Å². The molecule has 0 aliphatic carbocycles. The van der Waals surface area contributed by atoms with Crippen LogP contribution in [0.3, 0.4) is 0 Å². The molecule has 0 bridgehead atoms. The van der Waals surface area contributed by atoms with Gasteiger partial charge in [0, 0.05) is 13.0 Å². The first-order valence-electron chi connectivity index (χ1n) is 7.06. The van der Waals surface area contributed by atoms with Gasteiger partial charge in [-0.2, -0.15) is 0 Å². The predicted molar refractivity (Wildman–Crippen MR) is 70.2 cm³/mol. The molecule has 1 fully saturated rings. The molecule has 2 heterocycles. The zero-order valence-electron chi connectivity index (χ0n) is 11.5. The predicted octanol–water partition coefficient (Wildman–Crippen LogP) is 1.45. The van der Waals surface area contributed by atoms with Gasteiger partial charge >= 0.3 is 0 Å². The van der Waals surface area contributed by atoms with Gasteiger partial charge in [0.1, 0.15) is 0 Å². The van der Waals surface area contributed by atoms with E-state index in [-0.39, 0.29) is 0 Å². The molecule has 1 unspecified atom stereocenters. The second kappa shape index (κ2) is 6.85. The van der Waals surface area contributed by atoms with Crippen LogP contribution in [0.25, 0.3) is 0 Å². The van der Waals surface area contributed by atoms with Crippen molar-refractivity contribution in [1.82, 2.24) is 20.4 Å². The molecule has 18 heavy (non-hydrogen) atoms. The van der Waals surface area contributed by atoms with Crippen molar-refractivity contribution in [2.75, 3.05) is 26.2 Å². The Kier molecular flexibility index (Phi) is 5.13. The molecule has 1 aliphatic rings. The highest BCUT2D eigenvalue weighted by atomic mass is 16.4. The van der Waals surface area contributed by atoms with Crippen molar-refractivity contribution in [3.8, 4) is 0 Å². The Balaban J connectivity index is 1.84. The lowest BCUT2D eigenvalue weighted by Crippen LogP contribution is -2.38. The van der Waals surface area contributed by atoms with E-state index in [1.54, 1.807) is 0 Å². The molecular formula is C13H24N4O. The Hall–Kier alpha value is -0.940. The number of aromatic nitrogens is 2. The van der Waals surface area contributed by atoms with Gasteiger partial charge in [-0.3, -0.25) is 4.90 Å². The van der Waals surface area contributed by atoms with Gasteiger partial charge < -0.3 is 9.73 Å². The van der Waals surface area contributed by atoms with Crippen molar-refractivity contribution in [2.24, 2.45) is 5.92 Å². The van der Waals surface area contributed by atoms with Crippen molar-refractivity contribution >= 4 is 0 Å². The van der Waals surface area contributed by atoms with E-state index >= 15 is 0 Å². The summed E-state index contributed by atoms with van der Waals surface area (Å²) < 4.78 is 5.57. The zero-order valence-corrected chi connectivity index (χ0v) is 11.5. The summed E-state index contributed by atoms with van der Waals surface area (Å²) in [5.41, 5.74) is 0. The molecule has 1 N–H and O–H groups in total. The van der Waals surface area contributed by atoms with Gasteiger partial charge in [-0.15, -0.1) is 10.2 Å². The van der Waals surface area contributed by atoms with E-state index in [1.807, 2.05) is 6.92 Å². The summed E-state index contributed by atoms with van der Waals surface area (Å²) in [5.74, 6) is 2.24. The van der Waals surface area contributed by atoms with Crippen molar-refractivity contribution in [2.45, 2.75) is 39.7 Å². The third kappa shape index (κ3) is 3.78. The van der Waals surface area contributed by atoms with Crippen LogP contribution in [0.2, 0.25) is 0 Å². The SMILES string of the molecule is CCc1nnc(CN(CC)CC2CCCNC2)o1. The summed E-state index contributed by atoms with van der Waals surface area (Å²) >= 11 is 0. The number of hydrogen-bond acceptors (Lipinski definition) is 5. The molecule has 0 aromatic carbocycles. The second-order valence-corrected chi connectivity index (χ2v) is 4.98. The third-order valence-corrected chi connectivity index (χ3v) is 3.53. The number of piperidine rings is 1. The molecule has 0 amide bonds. The van der Waals surface area contributed by atoms with Crippen molar-refractivity contribution in [3.05, 3.63) is 11.8 Å². The molecule has 5 nitrogen and oxygen atoms in total. The average Bonchev–Trinajstić information content (AvgIpc) is 2.87. The Morgan fingerprint density at radius 3 is 2.78 bits per heavy atom. The van der Waals surface area contributed by atoms with Crippen molar-refractivity contribution < 1.29 is 4.42 Å². The van der Waals surface area contributed by atoms with E-state index < -0.39 is 0 Å². The molecule has 5 heteroatoms. The molecule has 0 spiro atoms. The molecule has 1 aromatic heterocycles. The third-order valence-electron chi connectivity index (χ3n) is 3.53. The highest BCUT2D eigenvalue weighted by Gasteiger charge is 2.17. The Morgan fingerprint density at radius 2 is 2.17 bits per heavy atom. The smallest absolute Gasteiger partial charge is 0.230 e. The quantitative estimate of drug-likeness (QED) is 0.830. The summed E-state index contributed by atoms with van der Waals surface area (Å²) in [4.78, 5) is 2.39. The Morgan fingerprint density at radius 1 is 1.33 bits per heavy atom. The molecule has 2 rings (SSSR count). The van der Waals surface area contributed by atoms with Gasteiger partial charge in [0.15, 0.2) is 0 Å². The lowest BCUT2D eigenvalue weighted by atomic mass is 9.99. The Bertz CT molecular complexity index is 347. The van der Waals surface area contributed by atoms with Crippen LogP contribution < -0.4 is 5.32 Å². The minimum absolute atomic E-state index is 0.736. The summed E-state index contributed by atoms with van der Waals surface area (Å²) in [6.45, 7) is 9.45. The van der Waals surface area contributed by atoms with E-state index in [0.717, 1.165) is 50.3 Å². The van der Waals surface area contributed by atoms with E-state index in [1.165, 1.54) is 19.4 Å². The van der Waals surface area contributed by atoms with Crippen molar-refractivity contribution in [1.29, 1.82) is 0 Å². The lowest BCUT2D eigenvalue weighted by molar-refractivity contribution is 0.193. The van der Waals surface area contributed by atoms with Crippen LogP contribution in [-0.4, -0.2) is 41.3 Å². The van der Waals surface area contributed by atoms with Gasteiger partial charge in [-0.25, -0.2) is 0 Å². The van der Waals surface area contributed by atoms with Gasteiger partial charge in [-0.05, 0) is 38.4 Å². The summed E-state index contributed by atoms with van der Waals surface area (Å²) in [6, 6.07) is 0. The summed E-state index contributed by atoms with van der Waals surface area (Å²) in [6.07, 6.45) is 3.43. The number of nitrogens with zero attached hydrogens (tertiary/aromatic N) is 3. The first-order valence-corrected chi connectivity index (χ1v) is 7.06. The molecule has 1 aliphatic heterocycles. The normalized spacial score (nSPS) is 20.5. The van der Waals surface area contributed by atoms with E-state index in [9.17, 15) is 0 Å². The first-order chi connectivity index (χ1) is 8.81. The van der Waals surface area contributed by atoms with Crippen LogP contribution >= 0.6 is 0 Å². The van der Waals surface area contributed by atoms with E-state index in [4.69, 9.17) is 4.42 Å². The molecule has 1 atom stereocenters. The van der Waals surface area contributed by atoms with Gasteiger partial charge in [0.25, 0.3) is 0 Å². The summed E-state index contributed by atoms with van der Waals surface area (Å²) in [7, 11) is 0. The van der Waals surface area contributed by atoms with Crippen molar-refractivity contribution in [3.63, 3.8) is 0 Å². The Labute approximate surface area is 109 Å². The lowest BCUT2D eigenvalue weighted by Gasteiger charge is -2.28. The summed E-state index contributed by atoms with van der Waals surface area (Å²) in [5, 5.41) is 11.6. The maximum atomic E-state index is 5.57. The van der Waals surface area contributed by atoms with Crippen LogP contribution in [0, 0.1) is 5.92 Å². The van der Waals surface area contributed by atoms with Crippen LogP contribution in [0.1, 0.15) is 38.5 Å². The van der Waals surface area contributed by atoms with Gasteiger partial charge in [-0.1, -0.05) is 13.8 Å². The van der Waals surface area contributed by atoms with Crippen LogP contribution in [0.4, 0.5) is 0 Å². The maximum Gasteiger partial charge on any atom is 0.230 e. The number of nitrogens with one attached hydrogen (secondary N) is 1. The van der Waals surface area contributed by atoms with Gasteiger partial charge in [0.05, 0.1) is 6.54 Å². The average molecular weight is 252 g/mol. The minimum Gasteiger partial charge on any atom is -0.424 e.